The second-order valence-electron chi connectivity index (χ2n) is 4.49. The SMILES string of the molecule is CCCNc1nccc(Sc2ccc(C)c(C)c2)n1. The molecule has 1 heterocycles. The maximum Gasteiger partial charge on any atom is 0.223 e. The number of nitrogens with zero attached hydrogens (tertiary/aromatic N) is 2. The van der Waals surface area contributed by atoms with Crippen LogP contribution in [0.25, 0.3) is 0 Å². The third-order valence-corrected chi connectivity index (χ3v) is 3.79. The summed E-state index contributed by atoms with van der Waals surface area (Å²) in [5.74, 6) is 0.704. The molecular weight excluding hydrogens is 254 g/mol. The Hall–Kier alpha value is -1.55. The van der Waals surface area contributed by atoms with Crippen LogP contribution in [0.1, 0.15) is 24.5 Å². The van der Waals surface area contributed by atoms with E-state index >= 15 is 0 Å². The van der Waals surface area contributed by atoms with E-state index in [4.69, 9.17) is 0 Å². The van der Waals surface area contributed by atoms with Crippen molar-refractivity contribution in [1.82, 2.24) is 9.97 Å². The highest BCUT2D eigenvalue weighted by Crippen LogP contribution is 2.27. The molecule has 1 aromatic heterocycles. The molecule has 2 aromatic rings. The van der Waals surface area contributed by atoms with Crippen LogP contribution in [0.4, 0.5) is 5.95 Å². The summed E-state index contributed by atoms with van der Waals surface area (Å²) in [6.07, 6.45) is 2.87. The highest BCUT2D eigenvalue weighted by Gasteiger charge is 2.02. The summed E-state index contributed by atoms with van der Waals surface area (Å²) in [5, 5.41) is 4.17. The predicted octanol–water partition coefficient (Wildman–Crippen LogP) is 4.07. The van der Waals surface area contributed by atoms with Gasteiger partial charge in [-0.3, -0.25) is 0 Å². The van der Waals surface area contributed by atoms with E-state index in [9.17, 15) is 0 Å². The summed E-state index contributed by atoms with van der Waals surface area (Å²) in [4.78, 5) is 9.92. The van der Waals surface area contributed by atoms with E-state index in [1.807, 2.05) is 6.07 Å². The number of rotatable bonds is 5. The van der Waals surface area contributed by atoms with Gasteiger partial charge in [0.05, 0.1) is 0 Å². The van der Waals surface area contributed by atoms with Crippen molar-refractivity contribution in [2.24, 2.45) is 0 Å². The first-order chi connectivity index (χ1) is 9.19. The molecule has 1 aromatic carbocycles. The number of aromatic nitrogens is 2. The van der Waals surface area contributed by atoms with E-state index in [2.05, 4.69) is 54.3 Å². The second kappa shape index (κ2) is 6.57. The van der Waals surface area contributed by atoms with E-state index in [-0.39, 0.29) is 0 Å². The normalized spacial score (nSPS) is 10.5. The van der Waals surface area contributed by atoms with Crippen molar-refractivity contribution < 1.29 is 0 Å². The first-order valence-corrected chi connectivity index (χ1v) is 7.32. The molecule has 4 heteroatoms. The van der Waals surface area contributed by atoms with Gasteiger partial charge in [-0.2, -0.15) is 0 Å². The van der Waals surface area contributed by atoms with Crippen molar-refractivity contribution in [3.05, 3.63) is 41.6 Å². The Labute approximate surface area is 118 Å². The molecule has 0 amide bonds. The molecule has 0 aliphatic heterocycles. The number of benzene rings is 1. The molecule has 100 valence electrons. The number of aryl methyl sites for hydroxylation is 2. The van der Waals surface area contributed by atoms with Crippen molar-refractivity contribution in [3.8, 4) is 0 Å². The molecule has 19 heavy (non-hydrogen) atoms. The van der Waals surface area contributed by atoms with Crippen LogP contribution in [0.5, 0.6) is 0 Å². The molecule has 0 bridgehead atoms. The minimum Gasteiger partial charge on any atom is -0.354 e. The van der Waals surface area contributed by atoms with Gasteiger partial charge in [-0.05, 0) is 49.6 Å². The average molecular weight is 273 g/mol. The molecule has 0 atom stereocenters. The zero-order chi connectivity index (χ0) is 13.7. The van der Waals surface area contributed by atoms with Crippen molar-refractivity contribution in [1.29, 1.82) is 0 Å². The van der Waals surface area contributed by atoms with Crippen molar-refractivity contribution in [2.45, 2.75) is 37.1 Å². The molecular formula is C15H19N3S. The summed E-state index contributed by atoms with van der Waals surface area (Å²) in [6, 6.07) is 8.42. The number of hydrogen-bond donors (Lipinski definition) is 1. The van der Waals surface area contributed by atoms with Crippen LogP contribution in [0.3, 0.4) is 0 Å². The first-order valence-electron chi connectivity index (χ1n) is 6.51. The Balaban J connectivity index is 2.11. The average Bonchev–Trinajstić information content (AvgIpc) is 2.41. The lowest BCUT2D eigenvalue weighted by Gasteiger charge is -2.06. The lowest BCUT2D eigenvalue weighted by Crippen LogP contribution is -2.04. The van der Waals surface area contributed by atoms with Gasteiger partial charge in [0, 0.05) is 17.6 Å². The van der Waals surface area contributed by atoms with Crippen LogP contribution in [0, 0.1) is 13.8 Å². The van der Waals surface area contributed by atoms with Gasteiger partial charge in [-0.25, -0.2) is 9.97 Å². The van der Waals surface area contributed by atoms with Crippen LogP contribution in [0.2, 0.25) is 0 Å². The molecule has 0 aliphatic carbocycles. The largest absolute Gasteiger partial charge is 0.354 e. The van der Waals surface area contributed by atoms with Gasteiger partial charge >= 0.3 is 0 Å². The standard InChI is InChI=1S/C15H19N3S/c1-4-8-16-15-17-9-7-14(18-15)19-13-6-5-11(2)12(3)10-13/h5-7,9-10H,4,8H2,1-3H3,(H,16,17,18). The minimum absolute atomic E-state index is 0.704. The maximum absolute atomic E-state index is 4.50. The number of anilines is 1. The molecule has 0 saturated carbocycles. The predicted molar refractivity (Wildman–Crippen MR) is 80.9 cm³/mol. The smallest absolute Gasteiger partial charge is 0.223 e. The van der Waals surface area contributed by atoms with Gasteiger partial charge in [0.25, 0.3) is 0 Å². The number of hydrogen-bond acceptors (Lipinski definition) is 4. The van der Waals surface area contributed by atoms with Gasteiger partial charge in [-0.1, -0.05) is 24.8 Å². The summed E-state index contributed by atoms with van der Waals surface area (Å²) in [6.45, 7) is 7.29. The summed E-state index contributed by atoms with van der Waals surface area (Å²) < 4.78 is 0. The Kier molecular flexibility index (Phi) is 4.80. The fraction of sp³-hybridized carbons (Fsp3) is 0.333. The van der Waals surface area contributed by atoms with E-state index in [1.54, 1.807) is 18.0 Å². The third kappa shape index (κ3) is 3.96. The van der Waals surface area contributed by atoms with Crippen molar-refractivity contribution >= 4 is 17.7 Å². The molecule has 2 rings (SSSR count). The highest BCUT2D eigenvalue weighted by molar-refractivity contribution is 7.99. The molecule has 0 fully saturated rings. The third-order valence-electron chi connectivity index (χ3n) is 2.86. The van der Waals surface area contributed by atoms with Gasteiger partial charge in [0.2, 0.25) is 5.95 Å². The van der Waals surface area contributed by atoms with Crippen LogP contribution in [-0.4, -0.2) is 16.5 Å². The zero-order valence-electron chi connectivity index (χ0n) is 11.6. The van der Waals surface area contributed by atoms with Gasteiger partial charge in [-0.15, -0.1) is 0 Å². The molecule has 0 aliphatic rings. The summed E-state index contributed by atoms with van der Waals surface area (Å²) >= 11 is 1.67. The lowest BCUT2D eigenvalue weighted by molar-refractivity contribution is 0.935. The Morgan fingerprint density at radius 3 is 2.74 bits per heavy atom. The van der Waals surface area contributed by atoms with Crippen LogP contribution in [0.15, 0.2) is 40.4 Å². The molecule has 0 unspecified atom stereocenters. The van der Waals surface area contributed by atoms with E-state index in [0.29, 0.717) is 5.95 Å². The van der Waals surface area contributed by atoms with Crippen molar-refractivity contribution in [3.63, 3.8) is 0 Å². The van der Waals surface area contributed by atoms with E-state index < -0.39 is 0 Å². The zero-order valence-corrected chi connectivity index (χ0v) is 12.4. The van der Waals surface area contributed by atoms with Crippen LogP contribution in [-0.2, 0) is 0 Å². The van der Waals surface area contributed by atoms with Crippen LogP contribution >= 0.6 is 11.8 Å². The molecule has 0 spiro atoms. The van der Waals surface area contributed by atoms with E-state index in [1.165, 1.54) is 16.0 Å². The summed E-state index contributed by atoms with van der Waals surface area (Å²) in [7, 11) is 0. The summed E-state index contributed by atoms with van der Waals surface area (Å²) in [5.41, 5.74) is 2.63. The maximum atomic E-state index is 4.50. The topological polar surface area (TPSA) is 37.8 Å². The van der Waals surface area contributed by atoms with Gasteiger partial charge in [0.15, 0.2) is 0 Å². The Morgan fingerprint density at radius 2 is 2.00 bits per heavy atom. The Bertz CT molecular complexity index is 555. The van der Waals surface area contributed by atoms with Gasteiger partial charge < -0.3 is 5.32 Å². The molecule has 0 saturated heterocycles. The van der Waals surface area contributed by atoms with Crippen LogP contribution < -0.4 is 5.32 Å². The molecule has 3 nitrogen and oxygen atoms in total. The van der Waals surface area contributed by atoms with Crippen molar-refractivity contribution in [2.75, 3.05) is 11.9 Å². The Morgan fingerprint density at radius 1 is 1.16 bits per heavy atom. The first kappa shape index (κ1) is 13.9. The van der Waals surface area contributed by atoms with E-state index in [0.717, 1.165) is 18.0 Å². The molecule has 0 radical (unpaired) electrons. The fourth-order valence-corrected chi connectivity index (χ4v) is 2.49. The second-order valence-corrected chi connectivity index (χ2v) is 5.59. The lowest BCUT2D eigenvalue weighted by atomic mass is 10.1. The number of nitrogens with one attached hydrogen (secondary N) is 1. The monoisotopic (exact) mass is 273 g/mol. The molecule has 1 N–H and O–H groups in total. The quantitative estimate of drug-likeness (QED) is 0.833. The fourth-order valence-electron chi connectivity index (χ4n) is 1.62. The highest BCUT2D eigenvalue weighted by atomic mass is 32.2. The minimum atomic E-state index is 0.704. The van der Waals surface area contributed by atoms with Gasteiger partial charge in [0.1, 0.15) is 5.03 Å².